The van der Waals surface area contributed by atoms with Crippen LogP contribution in [0.1, 0.15) is 292 Å². The van der Waals surface area contributed by atoms with E-state index in [1.807, 2.05) is 62.4 Å². The maximum Gasteiger partial charge on any atom is 0.423 e. The van der Waals surface area contributed by atoms with Gasteiger partial charge in [-0.3, -0.25) is 0 Å². The molecule has 2 N–H and O–H groups in total. The van der Waals surface area contributed by atoms with Gasteiger partial charge in [0.2, 0.25) is 0 Å². The lowest BCUT2D eigenvalue weighted by molar-refractivity contribution is -0.156. The van der Waals surface area contributed by atoms with E-state index in [1.165, 1.54) is 0 Å². The number of carbonyl (C=O) groups is 4. The molecule has 0 saturated heterocycles. The van der Waals surface area contributed by atoms with Crippen LogP contribution in [-0.2, 0) is 44.9 Å². The number of benzene rings is 6. The molecule has 2 aliphatic heterocycles. The number of aromatic hydroxyl groups is 2. The van der Waals surface area contributed by atoms with E-state index in [0.717, 1.165) is 220 Å². The smallest absolute Gasteiger partial charge is 0.423 e. The van der Waals surface area contributed by atoms with Crippen molar-refractivity contribution >= 4 is 23.9 Å². The van der Waals surface area contributed by atoms with Crippen LogP contribution in [0.15, 0.2) is 84.9 Å². The number of phenolic OH excluding ortho intramolecular Hbond substituents is 2. The van der Waals surface area contributed by atoms with Gasteiger partial charge < -0.3 is 38.6 Å². The third-order valence-corrected chi connectivity index (χ3v) is 21.7. The Morgan fingerprint density at radius 2 is 0.750 bits per heavy atom. The van der Waals surface area contributed by atoms with Crippen LogP contribution in [-0.4, -0.2) is 45.3 Å². The van der Waals surface area contributed by atoms with E-state index in [-0.39, 0.29) is 69.7 Å². The van der Waals surface area contributed by atoms with Gasteiger partial charge in [0, 0.05) is 23.0 Å². The molecule has 4 aliphatic rings. The lowest BCUT2D eigenvalue weighted by atomic mass is 9.64. The molecular formula is C88H116O12. The van der Waals surface area contributed by atoms with Crippen LogP contribution in [0.5, 0.6) is 46.0 Å². The van der Waals surface area contributed by atoms with Gasteiger partial charge in [0.25, 0.3) is 0 Å². The number of ether oxygens (including phenoxy) is 6. The predicted molar refractivity (Wildman–Crippen MR) is 401 cm³/mol. The van der Waals surface area contributed by atoms with Gasteiger partial charge in [-0.25, -0.2) is 19.2 Å². The molecule has 0 bridgehead atoms. The van der Waals surface area contributed by atoms with Gasteiger partial charge >= 0.3 is 23.9 Å². The molecule has 0 amide bonds. The highest BCUT2D eigenvalue weighted by atomic mass is 16.6. The highest BCUT2D eigenvalue weighted by Crippen LogP contribution is 2.58. The number of esters is 4. The molecule has 0 aromatic heterocycles. The summed E-state index contributed by atoms with van der Waals surface area (Å²) in [5.41, 5.74) is 11.2. The minimum Gasteiger partial charge on any atom is -0.507 e. The Bertz CT molecular complexity index is 3620. The normalized spacial score (nSPS) is 19.3. The molecule has 12 nitrogen and oxygen atoms in total. The largest absolute Gasteiger partial charge is 0.507 e. The van der Waals surface area contributed by atoms with Crippen LogP contribution in [0, 0.1) is 37.5 Å². The zero-order valence-electron chi connectivity index (χ0n) is 63.2. The molecule has 0 radical (unpaired) electrons. The maximum atomic E-state index is 13.8. The highest BCUT2D eigenvalue weighted by Gasteiger charge is 2.49. The second-order valence-electron chi connectivity index (χ2n) is 31.5. The summed E-state index contributed by atoms with van der Waals surface area (Å²) >= 11 is 0. The quantitative estimate of drug-likeness (QED) is 0.0255. The lowest BCUT2D eigenvalue weighted by Gasteiger charge is -2.49. The van der Waals surface area contributed by atoms with Gasteiger partial charge in [-0.05, 0) is 247 Å². The number of carbonyl (C=O) groups excluding carboxylic acids is 4. The van der Waals surface area contributed by atoms with Gasteiger partial charge in [0.1, 0.15) is 57.2 Å². The monoisotopic (exact) mass is 1360 g/mol. The second kappa shape index (κ2) is 33.9. The molecule has 6 aromatic rings. The van der Waals surface area contributed by atoms with Crippen LogP contribution in [0.2, 0.25) is 0 Å². The van der Waals surface area contributed by atoms with Crippen LogP contribution < -0.4 is 28.4 Å². The Morgan fingerprint density at radius 3 is 1.07 bits per heavy atom. The first-order valence-corrected chi connectivity index (χ1v) is 38.2. The van der Waals surface area contributed by atoms with Crippen molar-refractivity contribution in [1.29, 1.82) is 0 Å². The maximum absolute atomic E-state index is 13.8. The first-order valence-electron chi connectivity index (χ1n) is 38.2. The van der Waals surface area contributed by atoms with Gasteiger partial charge in [0.05, 0.1) is 11.1 Å². The summed E-state index contributed by atoms with van der Waals surface area (Å²) in [5, 5.41) is 22.9. The molecule has 6 atom stereocenters. The first kappa shape index (κ1) is 76.6. The van der Waals surface area contributed by atoms with Crippen molar-refractivity contribution in [3.63, 3.8) is 0 Å². The average molecular weight is 1370 g/mol. The minimum atomic E-state index is -1.12. The van der Waals surface area contributed by atoms with Gasteiger partial charge in [-0.2, -0.15) is 0 Å². The third kappa shape index (κ3) is 18.4. The molecule has 540 valence electrons. The minimum absolute atomic E-state index is 0.0220. The summed E-state index contributed by atoms with van der Waals surface area (Å²) in [6, 6.07) is 27.4. The topological polar surface area (TPSA) is 164 Å². The van der Waals surface area contributed by atoms with E-state index in [4.69, 9.17) is 28.4 Å². The molecule has 0 unspecified atom stereocenters. The summed E-state index contributed by atoms with van der Waals surface area (Å²) in [5.74, 6) is 0.462. The van der Waals surface area contributed by atoms with Crippen LogP contribution in [0.3, 0.4) is 0 Å². The summed E-state index contributed by atoms with van der Waals surface area (Å²) in [6.07, 6.45) is 21.8. The van der Waals surface area contributed by atoms with E-state index in [2.05, 4.69) is 109 Å². The molecule has 2 saturated carbocycles. The molecule has 6 aromatic carbocycles. The fourth-order valence-corrected chi connectivity index (χ4v) is 16.4. The van der Waals surface area contributed by atoms with Gasteiger partial charge in [-0.15, -0.1) is 0 Å². The molecule has 0 spiro atoms. The number of aryl methyl sites for hydroxylation is 6. The summed E-state index contributed by atoms with van der Waals surface area (Å²) < 4.78 is 37.4. The van der Waals surface area contributed by atoms with Crippen molar-refractivity contribution in [1.82, 2.24) is 0 Å². The Balaban J connectivity index is 0.000000233. The van der Waals surface area contributed by atoms with Crippen molar-refractivity contribution in [3.8, 4) is 68.2 Å². The Kier molecular flexibility index (Phi) is 26.0. The third-order valence-electron chi connectivity index (χ3n) is 21.7. The predicted octanol–water partition coefficient (Wildman–Crippen LogP) is 22.3. The van der Waals surface area contributed by atoms with Crippen molar-refractivity contribution in [3.05, 3.63) is 141 Å². The second-order valence-corrected chi connectivity index (χ2v) is 31.5. The van der Waals surface area contributed by atoms with Crippen molar-refractivity contribution in [2.45, 2.75) is 287 Å². The molecule has 12 heteroatoms. The van der Waals surface area contributed by atoms with Crippen molar-refractivity contribution in [2.24, 2.45) is 23.7 Å². The number of hydrogen-bond donors (Lipinski definition) is 2. The highest BCUT2D eigenvalue weighted by molar-refractivity contribution is 6.31. The van der Waals surface area contributed by atoms with Crippen molar-refractivity contribution < 1.29 is 57.8 Å². The molecular weight excluding hydrogens is 1250 g/mol. The van der Waals surface area contributed by atoms with E-state index in [9.17, 15) is 29.4 Å². The fraction of sp³-hybridized carbons (Fsp3) is 0.545. The standard InChI is InChI=1S/2C44H58O6/c2*1-9-11-13-15-30-23-36(45)40(33-21-28(5)17-19-32(33)27(3)4)37(24-30)48-42(46)43(47)49-38-25-31(16-14-12-10-2)26-39-41(38)34-22-29(6)18-20-35(34)44(7,8)50-39/h2*17,19,21,23-27,29,34-35,45H,9-16,18,20,22H2,1-8H3/t29-,34+,35+;29-,34-,35-/m01/s1. The Morgan fingerprint density at radius 1 is 0.440 bits per heavy atom. The van der Waals surface area contributed by atoms with E-state index < -0.39 is 23.9 Å². The van der Waals surface area contributed by atoms with Crippen LogP contribution in [0.25, 0.3) is 22.3 Å². The number of rotatable bonds is 24. The van der Waals surface area contributed by atoms with Gasteiger partial charge in [-0.1, -0.05) is 181 Å². The Hall–Kier alpha value is -7.60. The summed E-state index contributed by atoms with van der Waals surface area (Å²) in [6.45, 7) is 34.2. The number of hydrogen-bond acceptors (Lipinski definition) is 12. The number of unbranched alkanes of at least 4 members (excludes halogenated alkanes) is 8. The lowest BCUT2D eigenvalue weighted by Crippen LogP contribution is -2.47. The first-order chi connectivity index (χ1) is 47.6. The Labute approximate surface area is 598 Å². The summed E-state index contributed by atoms with van der Waals surface area (Å²) in [7, 11) is 0. The molecule has 100 heavy (non-hydrogen) atoms. The summed E-state index contributed by atoms with van der Waals surface area (Å²) in [4.78, 5) is 55.1. The fourth-order valence-electron chi connectivity index (χ4n) is 16.4. The SMILES string of the molecule is CCCCCc1cc(O)c(-c2cc(C)ccc2C(C)C)c(OC(=O)C(=O)Oc2cc(CCCCC)cc3c2[C@@H]2C[C@@H](C)CC[C@H]2C(C)(C)O3)c1.CCCCCc1cc(O)c(-c2cc(C)ccc2C(C)C)c(OC(=O)C(=O)Oc2cc(CCCCC)cc3c2[C@@H]2C[C@H](C)CC[C@H]2C(C)(C)O3)c1. The molecule has 2 heterocycles. The zero-order chi connectivity index (χ0) is 72.3. The van der Waals surface area contributed by atoms with Crippen molar-refractivity contribution in [2.75, 3.05) is 0 Å². The van der Waals surface area contributed by atoms with Crippen LogP contribution in [0.4, 0.5) is 0 Å². The van der Waals surface area contributed by atoms with E-state index in [0.29, 0.717) is 34.5 Å². The molecule has 2 fully saturated rings. The number of phenols is 2. The number of fused-ring (bicyclic) bond motifs is 6. The molecule has 2 aliphatic carbocycles. The van der Waals surface area contributed by atoms with Crippen LogP contribution >= 0.6 is 0 Å². The van der Waals surface area contributed by atoms with Gasteiger partial charge in [0.15, 0.2) is 0 Å². The van der Waals surface area contributed by atoms with E-state index >= 15 is 0 Å². The average Bonchev–Trinajstić information content (AvgIpc) is 0.746. The van der Waals surface area contributed by atoms with E-state index in [1.54, 1.807) is 24.3 Å². The molecule has 10 rings (SSSR count). The zero-order valence-corrected chi connectivity index (χ0v) is 63.2.